The number of aromatic nitrogens is 2. The Morgan fingerprint density at radius 2 is 1.85 bits per heavy atom. The predicted octanol–water partition coefficient (Wildman–Crippen LogP) is 4.72. The van der Waals surface area contributed by atoms with Crippen molar-refractivity contribution < 1.29 is 14.3 Å². The van der Waals surface area contributed by atoms with Crippen molar-refractivity contribution >= 4 is 33.1 Å². The van der Waals surface area contributed by atoms with E-state index in [0.717, 1.165) is 16.9 Å². The number of amides is 1. The Morgan fingerprint density at radius 1 is 1.12 bits per heavy atom. The summed E-state index contributed by atoms with van der Waals surface area (Å²) in [6.07, 6.45) is 1.51. The maximum Gasteiger partial charge on any atom is 0.266 e. The molecule has 0 saturated heterocycles. The van der Waals surface area contributed by atoms with Gasteiger partial charge in [0.1, 0.15) is 22.9 Å². The van der Waals surface area contributed by atoms with E-state index in [1.54, 1.807) is 26.2 Å². The molecule has 4 aromatic rings. The number of nitrogens with one attached hydrogen (secondary N) is 1. The number of carbonyl (C=O) groups is 1. The molecule has 170 valence electrons. The van der Waals surface area contributed by atoms with Gasteiger partial charge in [-0.2, -0.15) is 0 Å². The van der Waals surface area contributed by atoms with Crippen LogP contribution in [0.2, 0.25) is 0 Å². The summed E-state index contributed by atoms with van der Waals surface area (Å²) in [7, 11) is 1.55. The van der Waals surface area contributed by atoms with Crippen LogP contribution in [0.15, 0.2) is 53.6 Å². The van der Waals surface area contributed by atoms with Crippen molar-refractivity contribution in [1.29, 1.82) is 0 Å². The highest BCUT2D eigenvalue weighted by Gasteiger charge is 2.20. The lowest BCUT2D eigenvalue weighted by atomic mass is 10.1. The van der Waals surface area contributed by atoms with Gasteiger partial charge in [0.15, 0.2) is 0 Å². The van der Waals surface area contributed by atoms with Crippen molar-refractivity contribution in [2.24, 2.45) is 0 Å². The molecule has 2 aromatic heterocycles. The van der Waals surface area contributed by atoms with Crippen LogP contribution in [0.3, 0.4) is 0 Å². The number of benzene rings is 2. The number of hydrogen-bond acceptors (Lipinski definition) is 6. The molecule has 0 unspecified atom stereocenters. The van der Waals surface area contributed by atoms with E-state index >= 15 is 0 Å². The third kappa shape index (κ3) is 4.75. The molecule has 0 bridgehead atoms. The zero-order valence-electron chi connectivity index (χ0n) is 19.0. The van der Waals surface area contributed by atoms with Crippen LogP contribution in [0.5, 0.6) is 11.5 Å². The van der Waals surface area contributed by atoms with Crippen LogP contribution in [0.25, 0.3) is 10.2 Å². The van der Waals surface area contributed by atoms with Gasteiger partial charge in [0, 0.05) is 0 Å². The summed E-state index contributed by atoms with van der Waals surface area (Å²) in [6.45, 7) is 6.49. The van der Waals surface area contributed by atoms with Gasteiger partial charge >= 0.3 is 0 Å². The van der Waals surface area contributed by atoms with Crippen LogP contribution in [0, 0.1) is 20.8 Å². The smallest absolute Gasteiger partial charge is 0.266 e. The number of ether oxygens (including phenoxy) is 2. The summed E-state index contributed by atoms with van der Waals surface area (Å²) in [4.78, 5) is 31.5. The molecule has 33 heavy (non-hydrogen) atoms. The molecule has 2 heterocycles. The lowest BCUT2D eigenvalue weighted by Crippen LogP contribution is -2.23. The van der Waals surface area contributed by atoms with Gasteiger partial charge in [-0.3, -0.25) is 14.2 Å². The summed E-state index contributed by atoms with van der Waals surface area (Å²) in [5, 5.41) is 3.32. The number of aryl methyl sites for hydroxylation is 3. The zero-order chi connectivity index (χ0) is 23.5. The Labute approximate surface area is 195 Å². The van der Waals surface area contributed by atoms with Crippen molar-refractivity contribution in [3.8, 4) is 11.5 Å². The molecule has 0 aliphatic carbocycles. The van der Waals surface area contributed by atoms with E-state index in [0.29, 0.717) is 45.2 Å². The summed E-state index contributed by atoms with van der Waals surface area (Å²) in [6, 6.07) is 13.2. The molecule has 0 atom stereocenters. The first-order chi connectivity index (χ1) is 15.9. The topological polar surface area (TPSA) is 82.4 Å². The molecule has 0 aliphatic rings. The van der Waals surface area contributed by atoms with E-state index in [-0.39, 0.29) is 11.5 Å². The standard InChI is InChI=1S/C25H25N3O4S/c1-15-11-16(2)13-18(12-15)32-10-9-28-14-26-24-21(25(28)30)17(3)22(33-24)23(29)27-19-7-5-6-8-20(19)31-4/h5-8,11-14H,9-10H2,1-4H3,(H,27,29). The van der Waals surface area contributed by atoms with Gasteiger partial charge in [-0.15, -0.1) is 11.3 Å². The van der Waals surface area contributed by atoms with Crippen molar-refractivity contribution in [1.82, 2.24) is 9.55 Å². The summed E-state index contributed by atoms with van der Waals surface area (Å²) >= 11 is 1.20. The molecule has 8 heteroatoms. The molecular weight excluding hydrogens is 438 g/mol. The van der Waals surface area contributed by atoms with E-state index < -0.39 is 0 Å². The molecule has 1 amide bonds. The maximum absolute atomic E-state index is 13.1. The second kappa shape index (κ2) is 9.46. The fourth-order valence-electron chi connectivity index (χ4n) is 3.74. The minimum Gasteiger partial charge on any atom is -0.495 e. The third-order valence-electron chi connectivity index (χ3n) is 5.27. The number of nitrogens with zero attached hydrogens (tertiary/aromatic N) is 2. The van der Waals surface area contributed by atoms with Gasteiger partial charge in [0.25, 0.3) is 11.5 Å². The number of methoxy groups -OCH3 is 1. The quantitative estimate of drug-likeness (QED) is 0.429. The van der Waals surface area contributed by atoms with E-state index in [9.17, 15) is 9.59 Å². The minimum absolute atomic E-state index is 0.186. The van der Waals surface area contributed by atoms with Crippen LogP contribution in [-0.2, 0) is 6.54 Å². The van der Waals surface area contributed by atoms with Crippen molar-refractivity contribution in [3.63, 3.8) is 0 Å². The number of hydrogen-bond donors (Lipinski definition) is 1. The predicted molar refractivity (Wildman–Crippen MR) is 131 cm³/mol. The largest absolute Gasteiger partial charge is 0.495 e. The third-order valence-corrected chi connectivity index (χ3v) is 6.47. The zero-order valence-corrected chi connectivity index (χ0v) is 19.8. The van der Waals surface area contributed by atoms with Crippen molar-refractivity contribution in [3.05, 3.63) is 80.7 Å². The maximum atomic E-state index is 13.1. The lowest BCUT2D eigenvalue weighted by Gasteiger charge is -2.10. The van der Waals surface area contributed by atoms with Crippen LogP contribution < -0.4 is 20.3 Å². The Kier molecular flexibility index (Phi) is 6.46. The van der Waals surface area contributed by atoms with Gasteiger partial charge in [0.2, 0.25) is 0 Å². The number of anilines is 1. The van der Waals surface area contributed by atoms with Crippen molar-refractivity contribution in [2.75, 3.05) is 19.0 Å². The molecular formula is C25H25N3O4S. The highest BCUT2D eigenvalue weighted by atomic mass is 32.1. The van der Waals surface area contributed by atoms with Crippen LogP contribution in [0.1, 0.15) is 26.4 Å². The highest BCUT2D eigenvalue weighted by Crippen LogP contribution is 2.29. The van der Waals surface area contributed by atoms with E-state index in [2.05, 4.69) is 16.4 Å². The first-order valence-corrected chi connectivity index (χ1v) is 11.3. The average Bonchev–Trinajstić information content (AvgIpc) is 3.12. The molecule has 0 spiro atoms. The summed E-state index contributed by atoms with van der Waals surface area (Å²) < 4.78 is 12.7. The van der Waals surface area contributed by atoms with E-state index in [1.165, 1.54) is 22.2 Å². The number of carbonyl (C=O) groups excluding carboxylic acids is 1. The first-order valence-electron chi connectivity index (χ1n) is 10.5. The second-order valence-corrected chi connectivity index (χ2v) is 8.80. The molecule has 2 aromatic carbocycles. The number of rotatable bonds is 7. The van der Waals surface area contributed by atoms with E-state index in [1.807, 2.05) is 38.1 Å². The second-order valence-electron chi connectivity index (χ2n) is 7.81. The van der Waals surface area contributed by atoms with Crippen LogP contribution in [0.4, 0.5) is 5.69 Å². The van der Waals surface area contributed by atoms with Crippen LogP contribution in [-0.4, -0.2) is 29.2 Å². The Hall–Kier alpha value is -3.65. The monoisotopic (exact) mass is 463 g/mol. The SMILES string of the molecule is COc1ccccc1NC(=O)c1sc2ncn(CCOc3cc(C)cc(C)c3)c(=O)c2c1C. The number of para-hydroxylation sites is 2. The fraction of sp³-hybridized carbons (Fsp3) is 0.240. The number of thiophene rings is 1. The Morgan fingerprint density at radius 3 is 2.58 bits per heavy atom. The fourth-order valence-corrected chi connectivity index (χ4v) is 4.77. The average molecular weight is 464 g/mol. The summed E-state index contributed by atoms with van der Waals surface area (Å²) in [5.41, 5.74) is 3.24. The molecule has 1 N–H and O–H groups in total. The number of fused-ring (bicyclic) bond motifs is 1. The van der Waals surface area contributed by atoms with Crippen molar-refractivity contribution in [2.45, 2.75) is 27.3 Å². The molecule has 7 nitrogen and oxygen atoms in total. The highest BCUT2D eigenvalue weighted by molar-refractivity contribution is 7.20. The Balaban J connectivity index is 1.55. The lowest BCUT2D eigenvalue weighted by molar-refractivity contribution is 0.102. The summed E-state index contributed by atoms with van der Waals surface area (Å²) in [5.74, 6) is 1.04. The molecule has 0 aliphatic heterocycles. The molecule has 0 saturated carbocycles. The van der Waals surface area contributed by atoms with Gasteiger partial charge in [-0.25, -0.2) is 4.98 Å². The Bertz CT molecular complexity index is 1370. The van der Waals surface area contributed by atoms with Gasteiger partial charge < -0.3 is 14.8 Å². The van der Waals surface area contributed by atoms with E-state index in [4.69, 9.17) is 9.47 Å². The molecule has 4 rings (SSSR count). The minimum atomic E-state index is -0.302. The van der Waals surface area contributed by atoms with Gasteiger partial charge in [0.05, 0.1) is 35.9 Å². The van der Waals surface area contributed by atoms with Crippen LogP contribution >= 0.6 is 11.3 Å². The molecule has 0 radical (unpaired) electrons. The normalized spacial score (nSPS) is 10.9. The first kappa shape index (κ1) is 22.5. The van der Waals surface area contributed by atoms with Gasteiger partial charge in [-0.05, 0) is 61.7 Å². The molecule has 0 fully saturated rings. The van der Waals surface area contributed by atoms with Gasteiger partial charge in [-0.1, -0.05) is 18.2 Å².